The molecule has 0 aliphatic carbocycles. The molecule has 8 heteroatoms. The Balaban J connectivity index is 1.49. The van der Waals surface area contributed by atoms with Crippen molar-refractivity contribution in [2.24, 2.45) is 0 Å². The molecule has 0 saturated carbocycles. The van der Waals surface area contributed by atoms with Crippen LogP contribution < -0.4 is 10.2 Å². The fourth-order valence-corrected chi connectivity index (χ4v) is 3.04. The minimum absolute atomic E-state index is 0.0314. The molecule has 2 heterocycles. The lowest BCUT2D eigenvalue weighted by atomic mass is 10.1. The Hall–Kier alpha value is -3.39. The van der Waals surface area contributed by atoms with Crippen LogP contribution >= 0.6 is 0 Å². The van der Waals surface area contributed by atoms with Gasteiger partial charge < -0.3 is 15.0 Å². The molecular formula is C21H18F2N4O2. The van der Waals surface area contributed by atoms with Crippen molar-refractivity contribution >= 4 is 17.4 Å². The summed E-state index contributed by atoms with van der Waals surface area (Å²) in [5.41, 5.74) is 1.97. The average molecular weight is 396 g/mol. The third kappa shape index (κ3) is 4.38. The first-order valence-corrected chi connectivity index (χ1v) is 9.13. The number of morpholine rings is 1. The highest BCUT2D eigenvalue weighted by atomic mass is 19.2. The molecule has 29 heavy (non-hydrogen) atoms. The second-order valence-corrected chi connectivity index (χ2v) is 6.54. The minimum atomic E-state index is -1.07. The summed E-state index contributed by atoms with van der Waals surface area (Å²) >= 11 is 0. The van der Waals surface area contributed by atoms with E-state index < -0.39 is 17.5 Å². The first-order valence-electron chi connectivity index (χ1n) is 9.13. The molecule has 1 saturated heterocycles. The van der Waals surface area contributed by atoms with Crippen molar-refractivity contribution in [1.29, 1.82) is 0 Å². The van der Waals surface area contributed by atoms with E-state index in [9.17, 15) is 13.6 Å². The van der Waals surface area contributed by atoms with Gasteiger partial charge in [-0.3, -0.25) is 4.79 Å². The van der Waals surface area contributed by atoms with Crippen molar-refractivity contribution in [2.75, 3.05) is 36.5 Å². The van der Waals surface area contributed by atoms with E-state index in [0.29, 0.717) is 24.6 Å². The maximum Gasteiger partial charge on any atom is 0.255 e. The van der Waals surface area contributed by atoms with Crippen LogP contribution in [0.3, 0.4) is 0 Å². The summed E-state index contributed by atoms with van der Waals surface area (Å²) in [5, 5.41) is 11.3. The molecule has 0 radical (unpaired) electrons. The van der Waals surface area contributed by atoms with Gasteiger partial charge in [0.25, 0.3) is 5.91 Å². The zero-order chi connectivity index (χ0) is 20.2. The van der Waals surface area contributed by atoms with Crippen molar-refractivity contribution < 1.29 is 18.3 Å². The van der Waals surface area contributed by atoms with Crippen LogP contribution in [0, 0.1) is 11.6 Å². The Morgan fingerprint density at radius 3 is 2.52 bits per heavy atom. The van der Waals surface area contributed by atoms with Gasteiger partial charge in [0.2, 0.25) is 0 Å². The maximum atomic E-state index is 13.4. The third-order valence-electron chi connectivity index (χ3n) is 4.58. The summed E-state index contributed by atoms with van der Waals surface area (Å²) in [5.74, 6) is -1.81. The molecule has 148 valence electrons. The standard InChI is InChI=1S/C21H18F2N4O2/c22-17-5-4-15(13-18(17)23)21(28)24-16-3-1-2-14(12-16)19-6-7-20(26-25-19)27-8-10-29-11-9-27/h1-7,12-13H,8-11H2,(H,24,28). The number of carbonyl (C=O) groups excluding carboxylic acids is 1. The van der Waals surface area contributed by atoms with Gasteiger partial charge in [0, 0.05) is 29.9 Å². The summed E-state index contributed by atoms with van der Waals surface area (Å²) < 4.78 is 31.7. The van der Waals surface area contributed by atoms with E-state index in [1.54, 1.807) is 18.2 Å². The van der Waals surface area contributed by atoms with Gasteiger partial charge in [-0.05, 0) is 42.5 Å². The Morgan fingerprint density at radius 2 is 1.79 bits per heavy atom. The number of halogens is 2. The van der Waals surface area contributed by atoms with Crippen LogP contribution in [0.2, 0.25) is 0 Å². The molecule has 1 aromatic heterocycles. The van der Waals surface area contributed by atoms with Gasteiger partial charge in [-0.15, -0.1) is 10.2 Å². The van der Waals surface area contributed by atoms with Crippen molar-refractivity contribution in [1.82, 2.24) is 10.2 Å². The van der Waals surface area contributed by atoms with Gasteiger partial charge in [0.05, 0.1) is 18.9 Å². The monoisotopic (exact) mass is 396 g/mol. The van der Waals surface area contributed by atoms with Gasteiger partial charge >= 0.3 is 0 Å². The van der Waals surface area contributed by atoms with E-state index in [1.165, 1.54) is 6.07 Å². The summed E-state index contributed by atoms with van der Waals surface area (Å²) in [6.07, 6.45) is 0. The van der Waals surface area contributed by atoms with E-state index in [-0.39, 0.29) is 5.56 Å². The minimum Gasteiger partial charge on any atom is -0.378 e. The smallest absolute Gasteiger partial charge is 0.255 e. The van der Waals surface area contributed by atoms with E-state index in [2.05, 4.69) is 20.4 Å². The first kappa shape index (κ1) is 18.9. The van der Waals surface area contributed by atoms with E-state index >= 15 is 0 Å². The lowest BCUT2D eigenvalue weighted by Crippen LogP contribution is -2.36. The Morgan fingerprint density at radius 1 is 0.966 bits per heavy atom. The molecule has 0 atom stereocenters. The van der Waals surface area contributed by atoms with Crippen LogP contribution in [-0.2, 0) is 4.74 Å². The van der Waals surface area contributed by atoms with Crippen LogP contribution in [0.15, 0.2) is 54.6 Å². The maximum absolute atomic E-state index is 13.4. The molecule has 6 nitrogen and oxygen atoms in total. The molecular weight excluding hydrogens is 378 g/mol. The second kappa shape index (κ2) is 8.32. The fraction of sp³-hybridized carbons (Fsp3) is 0.190. The number of anilines is 2. The normalized spacial score (nSPS) is 13.9. The molecule has 0 spiro atoms. The number of carbonyl (C=O) groups is 1. The largest absolute Gasteiger partial charge is 0.378 e. The quantitative estimate of drug-likeness (QED) is 0.731. The van der Waals surface area contributed by atoms with Crippen LogP contribution in [0.5, 0.6) is 0 Å². The highest BCUT2D eigenvalue weighted by molar-refractivity contribution is 6.04. The average Bonchev–Trinajstić information content (AvgIpc) is 2.76. The van der Waals surface area contributed by atoms with Crippen LogP contribution in [0.1, 0.15) is 10.4 Å². The molecule has 1 aliphatic heterocycles. The van der Waals surface area contributed by atoms with Crippen LogP contribution in [0.4, 0.5) is 20.3 Å². The Kier molecular flexibility index (Phi) is 5.44. The van der Waals surface area contributed by atoms with Gasteiger partial charge in [0.1, 0.15) is 0 Å². The van der Waals surface area contributed by atoms with Crippen LogP contribution in [-0.4, -0.2) is 42.4 Å². The number of ether oxygens (including phenoxy) is 1. The molecule has 4 rings (SSSR count). The van der Waals surface area contributed by atoms with E-state index in [1.807, 2.05) is 18.2 Å². The first-order chi connectivity index (χ1) is 14.1. The number of amides is 1. The Labute approximate surface area is 166 Å². The number of hydrogen-bond acceptors (Lipinski definition) is 5. The van der Waals surface area contributed by atoms with Crippen molar-refractivity contribution in [3.8, 4) is 11.3 Å². The molecule has 1 amide bonds. The summed E-state index contributed by atoms with van der Waals surface area (Å²) in [6.45, 7) is 2.89. The van der Waals surface area contributed by atoms with E-state index in [0.717, 1.165) is 36.6 Å². The molecule has 1 fully saturated rings. The summed E-state index contributed by atoms with van der Waals surface area (Å²) in [7, 11) is 0. The lowest BCUT2D eigenvalue weighted by Gasteiger charge is -2.27. The zero-order valence-corrected chi connectivity index (χ0v) is 15.4. The molecule has 3 aromatic rings. The third-order valence-corrected chi connectivity index (χ3v) is 4.58. The number of rotatable bonds is 4. The molecule has 2 aromatic carbocycles. The number of nitrogens with zero attached hydrogens (tertiary/aromatic N) is 3. The highest BCUT2D eigenvalue weighted by Crippen LogP contribution is 2.23. The Bertz CT molecular complexity index is 1020. The van der Waals surface area contributed by atoms with Crippen molar-refractivity contribution in [3.05, 3.63) is 71.8 Å². The summed E-state index contributed by atoms with van der Waals surface area (Å²) in [4.78, 5) is 14.4. The molecule has 1 aliphatic rings. The summed E-state index contributed by atoms with van der Waals surface area (Å²) in [6, 6.07) is 13.9. The number of nitrogens with one attached hydrogen (secondary N) is 1. The number of hydrogen-bond donors (Lipinski definition) is 1. The molecule has 0 unspecified atom stereocenters. The predicted molar refractivity (Wildman–Crippen MR) is 105 cm³/mol. The van der Waals surface area contributed by atoms with Crippen LogP contribution in [0.25, 0.3) is 11.3 Å². The topological polar surface area (TPSA) is 67.4 Å². The van der Waals surface area contributed by atoms with E-state index in [4.69, 9.17) is 4.74 Å². The van der Waals surface area contributed by atoms with Gasteiger partial charge in [-0.25, -0.2) is 8.78 Å². The van der Waals surface area contributed by atoms with Gasteiger partial charge in [0.15, 0.2) is 17.5 Å². The van der Waals surface area contributed by atoms with Crippen molar-refractivity contribution in [2.45, 2.75) is 0 Å². The molecule has 0 bridgehead atoms. The zero-order valence-electron chi connectivity index (χ0n) is 15.4. The fourth-order valence-electron chi connectivity index (χ4n) is 3.04. The second-order valence-electron chi connectivity index (χ2n) is 6.54. The van der Waals surface area contributed by atoms with Crippen molar-refractivity contribution in [3.63, 3.8) is 0 Å². The SMILES string of the molecule is O=C(Nc1cccc(-c2ccc(N3CCOCC3)nn2)c1)c1ccc(F)c(F)c1. The predicted octanol–water partition coefficient (Wildman–Crippen LogP) is 3.51. The highest BCUT2D eigenvalue weighted by Gasteiger charge is 2.14. The number of aromatic nitrogens is 2. The molecule has 1 N–H and O–H groups in total. The lowest BCUT2D eigenvalue weighted by molar-refractivity contribution is 0.102. The van der Waals surface area contributed by atoms with Gasteiger partial charge in [-0.2, -0.15) is 0 Å². The number of benzene rings is 2. The van der Waals surface area contributed by atoms with Gasteiger partial charge in [-0.1, -0.05) is 12.1 Å².